The van der Waals surface area contributed by atoms with Gasteiger partial charge in [0.1, 0.15) is 0 Å². The van der Waals surface area contributed by atoms with Crippen molar-refractivity contribution < 1.29 is 14.6 Å². The molecule has 1 unspecified atom stereocenters. The fourth-order valence-corrected chi connectivity index (χ4v) is 1.25. The number of carbonyl (C=O) groups excluding carboxylic acids is 1. The SMILES string of the molecule is COCC(CCO)NC(=O)C1(N)CC1. The number of carbonyl (C=O) groups is 1. The fraction of sp³-hybridized carbons (Fsp3) is 0.889. The smallest absolute Gasteiger partial charge is 0.240 e. The van der Waals surface area contributed by atoms with E-state index in [4.69, 9.17) is 15.6 Å². The molecular weight excluding hydrogens is 184 g/mol. The number of hydrogen-bond acceptors (Lipinski definition) is 4. The van der Waals surface area contributed by atoms with Crippen molar-refractivity contribution in [2.75, 3.05) is 20.3 Å². The number of amides is 1. The van der Waals surface area contributed by atoms with E-state index in [1.54, 1.807) is 7.11 Å². The summed E-state index contributed by atoms with van der Waals surface area (Å²) in [6.45, 7) is 0.439. The third-order valence-corrected chi connectivity index (χ3v) is 2.42. The standard InChI is InChI=1S/C9H18N2O3/c1-14-6-7(2-5-12)11-8(13)9(10)3-4-9/h7,12H,2-6,10H2,1H3,(H,11,13). The maximum Gasteiger partial charge on any atom is 0.240 e. The van der Waals surface area contributed by atoms with Gasteiger partial charge in [0, 0.05) is 13.7 Å². The first-order valence-corrected chi connectivity index (χ1v) is 4.82. The number of rotatable bonds is 6. The summed E-state index contributed by atoms with van der Waals surface area (Å²) in [6.07, 6.45) is 1.99. The van der Waals surface area contributed by atoms with E-state index in [-0.39, 0.29) is 18.6 Å². The normalized spacial score (nSPS) is 20.2. The van der Waals surface area contributed by atoms with Crippen molar-refractivity contribution in [2.24, 2.45) is 5.73 Å². The Morgan fingerprint density at radius 3 is 2.79 bits per heavy atom. The van der Waals surface area contributed by atoms with E-state index in [1.165, 1.54) is 0 Å². The Labute approximate surface area is 83.6 Å². The fourth-order valence-electron chi connectivity index (χ4n) is 1.25. The molecule has 0 heterocycles. The Bertz CT molecular complexity index is 198. The molecule has 0 aromatic heterocycles. The lowest BCUT2D eigenvalue weighted by atomic mass is 10.2. The lowest BCUT2D eigenvalue weighted by Gasteiger charge is -2.19. The molecule has 0 aromatic carbocycles. The van der Waals surface area contributed by atoms with Gasteiger partial charge in [-0.05, 0) is 19.3 Å². The summed E-state index contributed by atoms with van der Waals surface area (Å²) < 4.78 is 4.92. The van der Waals surface area contributed by atoms with Crippen LogP contribution in [0.4, 0.5) is 0 Å². The molecule has 5 heteroatoms. The van der Waals surface area contributed by atoms with Crippen LogP contribution in [-0.2, 0) is 9.53 Å². The van der Waals surface area contributed by atoms with Crippen LogP contribution in [0.2, 0.25) is 0 Å². The van der Waals surface area contributed by atoms with Crippen LogP contribution in [0.3, 0.4) is 0 Å². The zero-order valence-electron chi connectivity index (χ0n) is 8.45. The predicted molar refractivity (Wildman–Crippen MR) is 51.7 cm³/mol. The minimum absolute atomic E-state index is 0.0336. The first-order chi connectivity index (χ1) is 6.62. The zero-order chi connectivity index (χ0) is 10.6. The van der Waals surface area contributed by atoms with Crippen LogP contribution in [0.25, 0.3) is 0 Å². The zero-order valence-corrected chi connectivity index (χ0v) is 8.45. The lowest BCUT2D eigenvalue weighted by Crippen LogP contribution is -2.48. The number of aliphatic hydroxyl groups is 1. The van der Waals surface area contributed by atoms with E-state index >= 15 is 0 Å². The Morgan fingerprint density at radius 1 is 1.71 bits per heavy atom. The van der Waals surface area contributed by atoms with Gasteiger partial charge in [0.2, 0.25) is 5.91 Å². The second-order valence-corrected chi connectivity index (χ2v) is 3.79. The maximum atomic E-state index is 11.5. The van der Waals surface area contributed by atoms with Gasteiger partial charge in [-0.15, -0.1) is 0 Å². The van der Waals surface area contributed by atoms with Crippen molar-refractivity contribution >= 4 is 5.91 Å². The van der Waals surface area contributed by atoms with E-state index in [9.17, 15) is 4.79 Å². The Hall–Kier alpha value is -0.650. The van der Waals surface area contributed by atoms with Crippen molar-refractivity contribution in [3.8, 4) is 0 Å². The first kappa shape index (κ1) is 11.4. The highest BCUT2D eigenvalue weighted by molar-refractivity contribution is 5.89. The third kappa shape index (κ3) is 2.94. The summed E-state index contributed by atoms with van der Waals surface area (Å²) in [4.78, 5) is 11.5. The summed E-state index contributed by atoms with van der Waals surface area (Å²) in [6, 6.07) is -0.140. The molecule has 1 amide bonds. The highest BCUT2D eigenvalue weighted by atomic mass is 16.5. The number of ether oxygens (including phenoxy) is 1. The van der Waals surface area contributed by atoms with Crippen molar-refractivity contribution in [1.29, 1.82) is 0 Å². The number of aliphatic hydroxyl groups excluding tert-OH is 1. The van der Waals surface area contributed by atoms with Crippen LogP contribution < -0.4 is 11.1 Å². The minimum Gasteiger partial charge on any atom is -0.396 e. The second kappa shape index (κ2) is 4.72. The van der Waals surface area contributed by atoms with Crippen molar-refractivity contribution in [2.45, 2.75) is 30.8 Å². The molecule has 1 saturated carbocycles. The van der Waals surface area contributed by atoms with Gasteiger partial charge < -0.3 is 20.9 Å². The third-order valence-electron chi connectivity index (χ3n) is 2.42. The van der Waals surface area contributed by atoms with Gasteiger partial charge in [0.05, 0.1) is 18.2 Å². The average molecular weight is 202 g/mol. The minimum atomic E-state index is -0.651. The molecule has 0 aliphatic heterocycles. The molecule has 1 aliphatic rings. The number of nitrogens with two attached hydrogens (primary N) is 1. The molecule has 82 valence electrons. The molecule has 4 N–H and O–H groups in total. The number of hydrogen-bond donors (Lipinski definition) is 3. The van der Waals surface area contributed by atoms with Crippen LogP contribution in [0.15, 0.2) is 0 Å². The predicted octanol–water partition coefficient (Wildman–Crippen LogP) is -1.01. The van der Waals surface area contributed by atoms with Crippen LogP contribution in [-0.4, -0.2) is 42.9 Å². The van der Waals surface area contributed by atoms with Crippen LogP contribution in [0.1, 0.15) is 19.3 Å². The molecule has 0 saturated heterocycles. The van der Waals surface area contributed by atoms with E-state index in [1.807, 2.05) is 0 Å². The monoisotopic (exact) mass is 202 g/mol. The van der Waals surface area contributed by atoms with Crippen LogP contribution in [0, 0.1) is 0 Å². The van der Waals surface area contributed by atoms with Crippen LogP contribution in [0.5, 0.6) is 0 Å². The maximum absolute atomic E-state index is 11.5. The van der Waals surface area contributed by atoms with E-state index in [2.05, 4.69) is 5.32 Å². The Balaban J connectivity index is 2.34. The van der Waals surface area contributed by atoms with E-state index < -0.39 is 5.54 Å². The summed E-state index contributed by atoms with van der Waals surface area (Å²) in [7, 11) is 1.56. The molecule has 14 heavy (non-hydrogen) atoms. The number of nitrogens with one attached hydrogen (secondary N) is 1. The molecule has 1 fully saturated rings. The highest BCUT2D eigenvalue weighted by Gasteiger charge is 2.46. The van der Waals surface area contributed by atoms with Gasteiger partial charge in [-0.2, -0.15) is 0 Å². The van der Waals surface area contributed by atoms with Crippen LogP contribution >= 0.6 is 0 Å². The summed E-state index contributed by atoms with van der Waals surface area (Å²) >= 11 is 0. The molecule has 0 spiro atoms. The highest BCUT2D eigenvalue weighted by Crippen LogP contribution is 2.32. The number of methoxy groups -OCH3 is 1. The largest absolute Gasteiger partial charge is 0.396 e. The molecule has 1 atom stereocenters. The average Bonchev–Trinajstić information content (AvgIpc) is 2.86. The quantitative estimate of drug-likeness (QED) is 0.515. The molecule has 1 rings (SSSR count). The van der Waals surface area contributed by atoms with E-state index in [0.717, 1.165) is 12.8 Å². The summed E-state index contributed by atoms with van der Waals surface area (Å²) in [5.41, 5.74) is 5.06. The lowest BCUT2D eigenvalue weighted by molar-refractivity contribution is -0.124. The molecule has 0 radical (unpaired) electrons. The molecule has 0 aromatic rings. The second-order valence-electron chi connectivity index (χ2n) is 3.79. The van der Waals surface area contributed by atoms with Gasteiger partial charge in [0.25, 0.3) is 0 Å². The van der Waals surface area contributed by atoms with Crippen molar-refractivity contribution in [3.63, 3.8) is 0 Å². The Morgan fingerprint density at radius 2 is 2.36 bits per heavy atom. The molecule has 0 bridgehead atoms. The van der Waals surface area contributed by atoms with Gasteiger partial charge in [-0.1, -0.05) is 0 Å². The van der Waals surface area contributed by atoms with Gasteiger partial charge >= 0.3 is 0 Å². The van der Waals surface area contributed by atoms with Crippen molar-refractivity contribution in [1.82, 2.24) is 5.32 Å². The Kier molecular flexibility index (Phi) is 3.86. The first-order valence-electron chi connectivity index (χ1n) is 4.82. The van der Waals surface area contributed by atoms with Crippen molar-refractivity contribution in [3.05, 3.63) is 0 Å². The van der Waals surface area contributed by atoms with Gasteiger partial charge in [0.15, 0.2) is 0 Å². The summed E-state index contributed by atoms with van der Waals surface area (Å²) in [5.74, 6) is -0.131. The molecule has 1 aliphatic carbocycles. The topological polar surface area (TPSA) is 84.6 Å². The van der Waals surface area contributed by atoms with Gasteiger partial charge in [-0.25, -0.2) is 0 Å². The van der Waals surface area contributed by atoms with E-state index in [0.29, 0.717) is 13.0 Å². The van der Waals surface area contributed by atoms with Gasteiger partial charge in [-0.3, -0.25) is 4.79 Å². The molecular formula is C9H18N2O3. The molecule has 5 nitrogen and oxygen atoms in total. The summed E-state index contributed by atoms with van der Waals surface area (Å²) in [5, 5.41) is 11.5.